The van der Waals surface area contributed by atoms with Crippen LogP contribution in [0.2, 0.25) is 0 Å². The molecule has 0 amide bonds. The second kappa shape index (κ2) is 6.67. The van der Waals surface area contributed by atoms with E-state index < -0.39 is 0 Å². The molecule has 0 saturated heterocycles. The molecule has 0 aliphatic carbocycles. The maximum Gasteiger partial charge on any atom is 0.166 e. The second-order valence-electron chi connectivity index (χ2n) is 5.31. The third-order valence-electron chi connectivity index (χ3n) is 3.91. The standard InChI is InChI=1S/C18H23NO/c1-4-19(5-2)13-14(3)18(20)17-11-10-15-8-6-7-9-16(15)12-17/h6-12,14H,4-5,13H2,1-3H3. The van der Waals surface area contributed by atoms with Gasteiger partial charge < -0.3 is 4.90 Å². The summed E-state index contributed by atoms with van der Waals surface area (Å²) in [5.41, 5.74) is 0.823. The van der Waals surface area contributed by atoms with Crippen LogP contribution < -0.4 is 0 Å². The van der Waals surface area contributed by atoms with Gasteiger partial charge in [0, 0.05) is 18.0 Å². The summed E-state index contributed by atoms with van der Waals surface area (Å²) in [5, 5.41) is 2.31. The number of benzene rings is 2. The van der Waals surface area contributed by atoms with Crippen molar-refractivity contribution in [2.75, 3.05) is 19.6 Å². The number of nitrogens with zero attached hydrogens (tertiary/aromatic N) is 1. The van der Waals surface area contributed by atoms with Gasteiger partial charge in [0.05, 0.1) is 0 Å². The highest BCUT2D eigenvalue weighted by Crippen LogP contribution is 2.18. The molecular weight excluding hydrogens is 246 g/mol. The fourth-order valence-corrected chi connectivity index (χ4v) is 2.58. The van der Waals surface area contributed by atoms with E-state index in [4.69, 9.17) is 0 Å². The van der Waals surface area contributed by atoms with E-state index in [9.17, 15) is 4.79 Å². The summed E-state index contributed by atoms with van der Waals surface area (Å²) in [6.45, 7) is 9.11. The van der Waals surface area contributed by atoms with Crippen molar-refractivity contribution in [1.29, 1.82) is 0 Å². The van der Waals surface area contributed by atoms with Crippen LogP contribution in [0.3, 0.4) is 0 Å². The number of ketones is 1. The van der Waals surface area contributed by atoms with Crippen molar-refractivity contribution in [1.82, 2.24) is 4.90 Å². The third kappa shape index (κ3) is 3.26. The van der Waals surface area contributed by atoms with Gasteiger partial charge in [0.1, 0.15) is 0 Å². The Morgan fingerprint density at radius 2 is 1.70 bits per heavy atom. The molecule has 106 valence electrons. The molecule has 20 heavy (non-hydrogen) atoms. The van der Waals surface area contributed by atoms with Crippen molar-refractivity contribution in [2.24, 2.45) is 5.92 Å². The first-order valence-electron chi connectivity index (χ1n) is 7.41. The predicted octanol–water partition coefficient (Wildman–Crippen LogP) is 4.00. The molecule has 0 aliphatic rings. The lowest BCUT2D eigenvalue weighted by Gasteiger charge is -2.22. The van der Waals surface area contributed by atoms with E-state index in [1.165, 1.54) is 5.39 Å². The van der Waals surface area contributed by atoms with Crippen LogP contribution in [0.15, 0.2) is 42.5 Å². The Balaban J connectivity index is 2.18. The van der Waals surface area contributed by atoms with Crippen LogP contribution in [-0.2, 0) is 0 Å². The van der Waals surface area contributed by atoms with Gasteiger partial charge in [-0.3, -0.25) is 4.79 Å². The lowest BCUT2D eigenvalue weighted by molar-refractivity contribution is 0.0898. The molecule has 0 bridgehead atoms. The van der Waals surface area contributed by atoms with Gasteiger partial charge in [-0.1, -0.05) is 57.2 Å². The molecule has 0 aromatic heterocycles. The zero-order chi connectivity index (χ0) is 14.5. The Hall–Kier alpha value is -1.67. The smallest absolute Gasteiger partial charge is 0.166 e. The average Bonchev–Trinajstić information content (AvgIpc) is 2.51. The van der Waals surface area contributed by atoms with E-state index in [0.29, 0.717) is 0 Å². The molecule has 2 rings (SSSR count). The van der Waals surface area contributed by atoms with Crippen molar-refractivity contribution in [3.05, 3.63) is 48.0 Å². The quantitative estimate of drug-likeness (QED) is 0.739. The SMILES string of the molecule is CCN(CC)CC(C)C(=O)c1ccc2ccccc2c1. The maximum atomic E-state index is 12.5. The fourth-order valence-electron chi connectivity index (χ4n) is 2.58. The summed E-state index contributed by atoms with van der Waals surface area (Å²) in [4.78, 5) is 14.8. The largest absolute Gasteiger partial charge is 0.303 e. The van der Waals surface area contributed by atoms with Crippen LogP contribution in [0.1, 0.15) is 31.1 Å². The van der Waals surface area contributed by atoms with Gasteiger partial charge in [0.2, 0.25) is 0 Å². The summed E-state index contributed by atoms with van der Waals surface area (Å²) < 4.78 is 0. The van der Waals surface area contributed by atoms with Crippen molar-refractivity contribution >= 4 is 16.6 Å². The molecule has 0 fully saturated rings. The summed E-state index contributed by atoms with van der Waals surface area (Å²) in [6, 6.07) is 14.2. The van der Waals surface area contributed by atoms with Gasteiger partial charge in [-0.15, -0.1) is 0 Å². The number of rotatable bonds is 6. The number of hydrogen-bond donors (Lipinski definition) is 0. The van der Waals surface area contributed by atoms with E-state index in [2.05, 4.69) is 30.9 Å². The first kappa shape index (κ1) is 14.7. The monoisotopic (exact) mass is 269 g/mol. The third-order valence-corrected chi connectivity index (χ3v) is 3.91. The molecule has 0 saturated carbocycles. The molecule has 1 unspecified atom stereocenters. The van der Waals surface area contributed by atoms with E-state index in [-0.39, 0.29) is 11.7 Å². The van der Waals surface area contributed by atoms with Crippen LogP contribution in [0.5, 0.6) is 0 Å². The van der Waals surface area contributed by atoms with Crippen LogP contribution in [-0.4, -0.2) is 30.3 Å². The van der Waals surface area contributed by atoms with Crippen molar-refractivity contribution < 1.29 is 4.79 Å². The molecule has 0 spiro atoms. The number of fused-ring (bicyclic) bond motifs is 1. The van der Waals surface area contributed by atoms with E-state index in [1.54, 1.807) is 0 Å². The summed E-state index contributed by atoms with van der Waals surface area (Å²) >= 11 is 0. The maximum absolute atomic E-state index is 12.5. The highest BCUT2D eigenvalue weighted by Gasteiger charge is 2.17. The van der Waals surface area contributed by atoms with Crippen molar-refractivity contribution in [3.63, 3.8) is 0 Å². The van der Waals surface area contributed by atoms with Gasteiger partial charge in [-0.25, -0.2) is 0 Å². The van der Waals surface area contributed by atoms with Gasteiger partial charge in [-0.2, -0.15) is 0 Å². The van der Waals surface area contributed by atoms with Crippen LogP contribution in [0.25, 0.3) is 10.8 Å². The first-order chi connectivity index (χ1) is 9.65. The van der Waals surface area contributed by atoms with Crippen LogP contribution >= 0.6 is 0 Å². The zero-order valence-corrected chi connectivity index (χ0v) is 12.6. The minimum atomic E-state index is 0.0380. The molecule has 2 aromatic rings. The van der Waals surface area contributed by atoms with E-state index >= 15 is 0 Å². The molecule has 0 radical (unpaired) electrons. The number of hydrogen-bond acceptors (Lipinski definition) is 2. The Bertz CT molecular complexity index is 587. The Morgan fingerprint density at radius 1 is 1.05 bits per heavy atom. The van der Waals surface area contributed by atoms with Crippen molar-refractivity contribution in [3.8, 4) is 0 Å². The molecule has 0 heterocycles. The Morgan fingerprint density at radius 3 is 2.35 bits per heavy atom. The van der Waals surface area contributed by atoms with Gasteiger partial charge >= 0.3 is 0 Å². The molecule has 0 N–H and O–H groups in total. The Labute approximate surface area is 121 Å². The lowest BCUT2D eigenvalue weighted by Crippen LogP contribution is -2.31. The number of Topliss-reactive ketones (excluding diaryl/α,β-unsaturated/α-hetero) is 1. The minimum absolute atomic E-state index is 0.0380. The molecule has 1 atom stereocenters. The Kier molecular flexibility index (Phi) is 4.91. The molecular formula is C18H23NO. The average molecular weight is 269 g/mol. The predicted molar refractivity (Wildman–Crippen MR) is 85.2 cm³/mol. The molecule has 2 nitrogen and oxygen atoms in total. The summed E-state index contributed by atoms with van der Waals surface area (Å²) in [7, 11) is 0. The summed E-state index contributed by atoms with van der Waals surface area (Å²) in [6.07, 6.45) is 0. The highest BCUT2D eigenvalue weighted by molar-refractivity contribution is 6.01. The highest BCUT2D eigenvalue weighted by atomic mass is 16.1. The minimum Gasteiger partial charge on any atom is -0.303 e. The fraction of sp³-hybridized carbons (Fsp3) is 0.389. The zero-order valence-electron chi connectivity index (χ0n) is 12.6. The van der Waals surface area contributed by atoms with Crippen molar-refractivity contribution in [2.45, 2.75) is 20.8 Å². The topological polar surface area (TPSA) is 20.3 Å². The van der Waals surface area contributed by atoms with Gasteiger partial charge in [-0.05, 0) is 29.9 Å². The first-order valence-corrected chi connectivity index (χ1v) is 7.41. The molecule has 0 aliphatic heterocycles. The van der Waals surface area contributed by atoms with Gasteiger partial charge in [0.15, 0.2) is 5.78 Å². The van der Waals surface area contributed by atoms with Crippen LogP contribution in [0, 0.1) is 5.92 Å². The molecule has 2 aromatic carbocycles. The number of carbonyl (C=O) groups excluding carboxylic acids is 1. The lowest BCUT2D eigenvalue weighted by atomic mass is 9.96. The number of carbonyl (C=O) groups is 1. The van der Waals surface area contributed by atoms with E-state index in [1.807, 2.05) is 37.3 Å². The van der Waals surface area contributed by atoms with E-state index in [0.717, 1.165) is 30.6 Å². The summed E-state index contributed by atoms with van der Waals surface area (Å²) in [5.74, 6) is 0.277. The van der Waals surface area contributed by atoms with Gasteiger partial charge in [0.25, 0.3) is 0 Å². The molecule has 2 heteroatoms. The van der Waals surface area contributed by atoms with Crippen LogP contribution in [0.4, 0.5) is 0 Å². The normalized spacial score (nSPS) is 12.8. The second-order valence-corrected chi connectivity index (χ2v) is 5.31.